The van der Waals surface area contributed by atoms with Crippen LogP contribution in [-0.4, -0.2) is 37.0 Å². The van der Waals surface area contributed by atoms with Gasteiger partial charge in [-0.25, -0.2) is 0 Å². The van der Waals surface area contributed by atoms with Crippen molar-refractivity contribution in [1.82, 2.24) is 10.2 Å². The third kappa shape index (κ3) is 3.53. The normalized spacial score (nSPS) is 17.9. The predicted molar refractivity (Wildman–Crippen MR) is 56.2 cm³/mol. The third-order valence-electron chi connectivity index (χ3n) is 2.05. The molecule has 1 N–H and O–H groups in total. The summed E-state index contributed by atoms with van der Waals surface area (Å²) in [5.74, 6) is 0.268. The fourth-order valence-corrected chi connectivity index (χ4v) is 1.34. The number of hydrogen-bond donors (Lipinski definition) is 1. The fourth-order valence-electron chi connectivity index (χ4n) is 1.34. The molecule has 0 unspecified atom stereocenters. The lowest BCUT2D eigenvalue weighted by Gasteiger charge is -2.32. The van der Waals surface area contributed by atoms with Crippen LogP contribution < -0.4 is 5.32 Å². The van der Waals surface area contributed by atoms with E-state index in [9.17, 15) is 4.79 Å². The highest BCUT2D eigenvalue weighted by Gasteiger charge is 2.27. The van der Waals surface area contributed by atoms with Crippen molar-refractivity contribution in [3.8, 4) is 0 Å². The molecule has 0 atom stereocenters. The van der Waals surface area contributed by atoms with Gasteiger partial charge < -0.3 is 10.2 Å². The van der Waals surface area contributed by atoms with Crippen molar-refractivity contribution in [2.45, 2.75) is 20.8 Å². The molecule has 1 aliphatic rings. The highest BCUT2D eigenvalue weighted by Crippen LogP contribution is 2.17. The van der Waals surface area contributed by atoms with Gasteiger partial charge in [0.1, 0.15) is 0 Å². The Morgan fingerprint density at radius 2 is 1.69 bits per heavy atom. The largest absolute Gasteiger partial charge is 0.340 e. The number of amides is 1. The van der Waals surface area contributed by atoms with Crippen LogP contribution in [0.4, 0.5) is 0 Å². The van der Waals surface area contributed by atoms with E-state index in [0.29, 0.717) is 0 Å². The summed E-state index contributed by atoms with van der Waals surface area (Å²) in [4.78, 5) is 13.7. The zero-order valence-corrected chi connectivity index (χ0v) is 9.41. The second kappa shape index (κ2) is 4.82. The van der Waals surface area contributed by atoms with Crippen LogP contribution in [0, 0.1) is 5.41 Å². The van der Waals surface area contributed by atoms with Crippen LogP contribution in [0.25, 0.3) is 0 Å². The third-order valence-corrected chi connectivity index (χ3v) is 2.05. The molecule has 0 bridgehead atoms. The van der Waals surface area contributed by atoms with E-state index in [0.717, 1.165) is 26.2 Å². The van der Waals surface area contributed by atoms with Gasteiger partial charge in [0, 0.05) is 31.6 Å². The molecule has 1 rings (SSSR count). The van der Waals surface area contributed by atoms with Crippen LogP contribution in [0.5, 0.6) is 0 Å². The van der Waals surface area contributed by atoms with Crippen LogP contribution in [0.3, 0.4) is 0 Å². The molecule has 1 fully saturated rings. The zero-order valence-electron chi connectivity index (χ0n) is 8.59. The highest BCUT2D eigenvalue weighted by molar-refractivity contribution is 5.85. The molecule has 0 radical (unpaired) electrons. The number of nitrogens with one attached hydrogen (secondary N) is 1. The second-order valence-electron chi connectivity index (χ2n) is 4.29. The van der Waals surface area contributed by atoms with Crippen molar-refractivity contribution in [3.05, 3.63) is 0 Å². The SMILES string of the molecule is CC(C)(C)C(=O)N1CCNCC1.Cl. The van der Waals surface area contributed by atoms with Gasteiger partial charge >= 0.3 is 0 Å². The molecule has 0 aliphatic carbocycles. The number of nitrogens with zero attached hydrogens (tertiary/aromatic N) is 1. The summed E-state index contributed by atoms with van der Waals surface area (Å²) in [6.45, 7) is 9.49. The van der Waals surface area contributed by atoms with E-state index in [2.05, 4.69) is 5.32 Å². The van der Waals surface area contributed by atoms with Crippen molar-refractivity contribution in [1.29, 1.82) is 0 Å². The molecule has 0 aromatic heterocycles. The van der Waals surface area contributed by atoms with Crippen molar-refractivity contribution in [2.75, 3.05) is 26.2 Å². The Balaban J connectivity index is 0.00000144. The van der Waals surface area contributed by atoms with Crippen LogP contribution in [0.15, 0.2) is 0 Å². The van der Waals surface area contributed by atoms with E-state index in [1.807, 2.05) is 25.7 Å². The first-order valence-corrected chi connectivity index (χ1v) is 4.52. The van der Waals surface area contributed by atoms with Crippen molar-refractivity contribution < 1.29 is 4.79 Å². The second-order valence-corrected chi connectivity index (χ2v) is 4.29. The van der Waals surface area contributed by atoms with E-state index in [1.54, 1.807) is 0 Å². The summed E-state index contributed by atoms with van der Waals surface area (Å²) in [6.07, 6.45) is 0. The first-order chi connectivity index (χ1) is 5.52. The topological polar surface area (TPSA) is 32.3 Å². The summed E-state index contributed by atoms with van der Waals surface area (Å²) in [5, 5.41) is 3.23. The molecule has 78 valence electrons. The lowest BCUT2D eigenvalue weighted by Crippen LogP contribution is -2.49. The molecule has 0 saturated carbocycles. The smallest absolute Gasteiger partial charge is 0.228 e. The maximum Gasteiger partial charge on any atom is 0.228 e. The molecule has 4 heteroatoms. The predicted octanol–water partition coefficient (Wildman–Crippen LogP) is 0.886. The van der Waals surface area contributed by atoms with Crippen molar-refractivity contribution in [2.24, 2.45) is 5.41 Å². The van der Waals surface area contributed by atoms with E-state index >= 15 is 0 Å². The van der Waals surface area contributed by atoms with Gasteiger partial charge in [0.25, 0.3) is 0 Å². The van der Waals surface area contributed by atoms with Gasteiger partial charge in [-0.2, -0.15) is 0 Å². The van der Waals surface area contributed by atoms with Crippen molar-refractivity contribution >= 4 is 18.3 Å². The molecule has 1 heterocycles. The molecule has 0 aromatic rings. The first-order valence-electron chi connectivity index (χ1n) is 4.52. The Hall–Kier alpha value is -0.280. The summed E-state index contributed by atoms with van der Waals surface area (Å²) >= 11 is 0. The van der Waals surface area contributed by atoms with Gasteiger partial charge in [0.05, 0.1) is 0 Å². The molecular formula is C9H19ClN2O. The molecular weight excluding hydrogens is 188 g/mol. The number of carbonyl (C=O) groups is 1. The quantitative estimate of drug-likeness (QED) is 0.639. The maximum absolute atomic E-state index is 11.7. The first kappa shape index (κ1) is 12.7. The Morgan fingerprint density at radius 3 is 2.08 bits per heavy atom. The average Bonchev–Trinajstić information content (AvgIpc) is 2.03. The van der Waals surface area contributed by atoms with E-state index in [4.69, 9.17) is 0 Å². The monoisotopic (exact) mass is 206 g/mol. The molecule has 0 spiro atoms. The average molecular weight is 207 g/mol. The molecule has 0 aromatic carbocycles. The summed E-state index contributed by atoms with van der Waals surface area (Å²) in [7, 11) is 0. The number of piperazine rings is 1. The van der Waals surface area contributed by atoms with Gasteiger partial charge in [0.2, 0.25) is 5.91 Å². The number of carbonyl (C=O) groups excluding carboxylic acids is 1. The van der Waals surface area contributed by atoms with Crippen LogP contribution in [0.2, 0.25) is 0 Å². The van der Waals surface area contributed by atoms with Gasteiger partial charge in [-0.3, -0.25) is 4.79 Å². The summed E-state index contributed by atoms with van der Waals surface area (Å²) in [6, 6.07) is 0. The zero-order chi connectivity index (χ0) is 9.19. The van der Waals surface area contributed by atoms with Crippen LogP contribution in [0.1, 0.15) is 20.8 Å². The minimum absolute atomic E-state index is 0. The van der Waals surface area contributed by atoms with Gasteiger partial charge in [-0.05, 0) is 0 Å². The van der Waals surface area contributed by atoms with Crippen LogP contribution >= 0.6 is 12.4 Å². The standard InChI is InChI=1S/C9H18N2O.ClH/c1-9(2,3)8(12)11-6-4-10-5-7-11;/h10H,4-7H2,1-3H3;1H. The number of halogens is 1. The lowest BCUT2D eigenvalue weighted by molar-refractivity contribution is -0.140. The highest BCUT2D eigenvalue weighted by atomic mass is 35.5. The van der Waals surface area contributed by atoms with E-state index in [-0.39, 0.29) is 23.7 Å². The van der Waals surface area contributed by atoms with Gasteiger partial charge in [-0.15, -0.1) is 12.4 Å². The van der Waals surface area contributed by atoms with Crippen LogP contribution in [-0.2, 0) is 4.79 Å². The van der Waals surface area contributed by atoms with E-state index < -0.39 is 0 Å². The molecule has 1 amide bonds. The molecule has 1 saturated heterocycles. The lowest BCUT2D eigenvalue weighted by atomic mass is 9.94. The van der Waals surface area contributed by atoms with E-state index in [1.165, 1.54) is 0 Å². The summed E-state index contributed by atoms with van der Waals surface area (Å²) in [5.41, 5.74) is -0.225. The Labute approximate surface area is 86.3 Å². The van der Waals surface area contributed by atoms with Gasteiger partial charge in [0.15, 0.2) is 0 Å². The molecule has 1 aliphatic heterocycles. The number of hydrogen-bond acceptors (Lipinski definition) is 2. The Kier molecular flexibility index (Phi) is 4.71. The minimum Gasteiger partial charge on any atom is -0.340 e. The van der Waals surface area contributed by atoms with Crippen molar-refractivity contribution in [3.63, 3.8) is 0 Å². The summed E-state index contributed by atoms with van der Waals surface area (Å²) < 4.78 is 0. The Morgan fingerprint density at radius 1 is 1.23 bits per heavy atom. The number of rotatable bonds is 0. The molecule has 13 heavy (non-hydrogen) atoms. The maximum atomic E-state index is 11.7. The van der Waals surface area contributed by atoms with Gasteiger partial charge in [-0.1, -0.05) is 20.8 Å². The molecule has 3 nitrogen and oxygen atoms in total. The fraction of sp³-hybridized carbons (Fsp3) is 0.889. The Bertz CT molecular complexity index is 171. The minimum atomic E-state index is -0.225.